The van der Waals surface area contributed by atoms with Crippen molar-refractivity contribution in [3.8, 4) is 11.4 Å². The molecule has 0 amide bonds. The average molecular weight is 373 g/mol. The number of Topliss-reactive ketones (excluding diaryl/α,β-unsaturated/α-hetero) is 1. The largest absolute Gasteiger partial charge is 0.302 e. The fraction of sp³-hybridized carbons (Fsp3) is 0.211. The normalized spacial score (nSPS) is 12.2. The summed E-state index contributed by atoms with van der Waals surface area (Å²) in [6.45, 7) is 4.33. The molecule has 1 aromatic heterocycles. The number of hydrogen-bond acceptors (Lipinski definition) is 4. The van der Waals surface area contributed by atoms with Crippen LogP contribution in [0.5, 0.6) is 0 Å². The van der Waals surface area contributed by atoms with Crippen LogP contribution in [0.1, 0.15) is 24.2 Å². The van der Waals surface area contributed by atoms with Crippen molar-refractivity contribution >= 4 is 17.5 Å². The Morgan fingerprint density at radius 2 is 1.85 bits per heavy atom. The van der Waals surface area contributed by atoms with Crippen LogP contribution in [0.25, 0.3) is 11.4 Å². The van der Waals surface area contributed by atoms with Gasteiger partial charge < -0.3 is 4.57 Å². The Kier molecular flexibility index (Phi) is 5.46. The molecule has 3 rings (SSSR count). The molecule has 3 aromatic rings. The van der Waals surface area contributed by atoms with Crippen molar-refractivity contribution in [2.24, 2.45) is 0 Å². The summed E-state index contributed by atoms with van der Waals surface area (Å²) in [4.78, 5) is 12.5. The molecule has 0 aliphatic carbocycles. The highest BCUT2D eigenvalue weighted by Gasteiger charge is 2.22. The van der Waals surface area contributed by atoms with Gasteiger partial charge >= 0.3 is 0 Å². The zero-order valence-electron chi connectivity index (χ0n) is 14.3. The summed E-state index contributed by atoms with van der Waals surface area (Å²) in [6.07, 6.45) is 0. The molecule has 26 heavy (non-hydrogen) atoms. The lowest BCUT2D eigenvalue weighted by atomic mass is 10.1. The van der Waals surface area contributed by atoms with E-state index in [0.717, 1.165) is 23.5 Å². The van der Waals surface area contributed by atoms with Gasteiger partial charge in [0.1, 0.15) is 0 Å². The van der Waals surface area contributed by atoms with Gasteiger partial charge in [0.15, 0.2) is 28.4 Å². The number of carbonyl (C=O) groups excluding carboxylic acids is 1. The van der Waals surface area contributed by atoms with Gasteiger partial charge in [0.2, 0.25) is 0 Å². The Morgan fingerprint density at radius 3 is 2.50 bits per heavy atom. The predicted octanol–water partition coefficient (Wildman–Crippen LogP) is 4.61. The molecule has 0 aliphatic heterocycles. The SMILES string of the molecule is CCn1c(SC(C)C(=O)c2ccc(F)c(F)c2)nnc1-c1ccccc1. The van der Waals surface area contributed by atoms with E-state index in [-0.39, 0.29) is 11.3 Å². The van der Waals surface area contributed by atoms with E-state index in [0.29, 0.717) is 11.7 Å². The predicted molar refractivity (Wildman–Crippen MR) is 97.1 cm³/mol. The van der Waals surface area contributed by atoms with Gasteiger partial charge in [0.05, 0.1) is 5.25 Å². The van der Waals surface area contributed by atoms with E-state index in [2.05, 4.69) is 10.2 Å². The lowest BCUT2D eigenvalue weighted by Gasteiger charge is -2.12. The van der Waals surface area contributed by atoms with Gasteiger partial charge in [-0.05, 0) is 32.0 Å². The van der Waals surface area contributed by atoms with E-state index in [1.54, 1.807) is 6.92 Å². The quantitative estimate of drug-likeness (QED) is 0.468. The van der Waals surface area contributed by atoms with Crippen LogP contribution in [-0.4, -0.2) is 25.8 Å². The maximum atomic E-state index is 13.4. The fourth-order valence-electron chi connectivity index (χ4n) is 2.56. The van der Waals surface area contributed by atoms with Crippen molar-refractivity contribution in [3.05, 3.63) is 65.7 Å². The molecular formula is C19H17F2N3OS. The number of rotatable bonds is 6. The van der Waals surface area contributed by atoms with Crippen molar-refractivity contribution in [3.63, 3.8) is 0 Å². The maximum Gasteiger partial charge on any atom is 0.192 e. The molecule has 0 N–H and O–H groups in total. The van der Waals surface area contributed by atoms with Gasteiger partial charge in [-0.2, -0.15) is 0 Å². The monoisotopic (exact) mass is 373 g/mol. The summed E-state index contributed by atoms with van der Waals surface area (Å²) in [5, 5.41) is 8.53. The molecular weight excluding hydrogens is 356 g/mol. The smallest absolute Gasteiger partial charge is 0.192 e. The number of carbonyl (C=O) groups is 1. The molecule has 0 spiro atoms. The van der Waals surface area contributed by atoms with Crippen molar-refractivity contribution < 1.29 is 13.6 Å². The Hall–Kier alpha value is -2.54. The Morgan fingerprint density at radius 1 is 1.12 bits per heavy atom. The second kappa shape index (κ2) is 7.78. The number of ketones is 1. The van der Waals surface area contributed by atoms with Crippen LogP contribution in [0.2, 0.25) is 0 Å². The van der Waals surface area contributed by atoms with Crippen LogP contribution in [0.4, 0.5) is 8.78 Å². The molecule has 4 nitrogen and oxygen atoms in total. The first-order valence-electron chi connectivity index (χ1n) is 8.15. The number of halogens is 2. The zero-order chi connectivity index (χ0) is 18.7. The van der Waals surface area contributed by atoms with E-state index >= 15 is 0 Å². The van der Waals surface area contributed by atoms with E-state index in [1.165, 1.54) is 17.8 Å². The average Bonchev–Trinajstić information content (AvgIpc) is 3.06. The van der Waals surface area contributed by atoms with Gasteiger partial charge in [0, 0.05) is 17.7 Å². The van der Waals surface area contributed by atoms with Crippen LogP contribution >= 0.6 is 11.8 Å². The van der Waals surface area contributed by atoms with Crippen LogP contribution in [0.3, 0.4) is 0 Å². The zero-order valence-corrected chi connectivity index (χ0v) is 15.1. The summed E-state index contributed by atoms with van der Waals surface area (Å²) < 4.78 is 28.4. The van der Waals surface area contributed by atoms with Crippen LogP contribution in [0.15, 0.2) is 53.7 Å². The standard InChI is InChI=1S/C19H17F2N3OS/c1-3-24-18(13-7-5-4-6-8-13)22-23-19(24)26-12(2)17(25)14-9-10-15(20)16(21)11-14/h4-12H,3H2,1-2H3. The van der Waals surface area contributed by atoms with Gasteiger partial charge in [-0.15, -0.1) is 10.2 Å². The first kappa shape index (κ1) is 18.3. The second-order valence-corrected chi connectivity index (χ2v) is 6.98. The molecule has 0 aliphatic rings. The molecule has 134 valence electrons. The topological polar surface area (TPSA) is 47.8 Å². The van der Waals surface area contributed by atoms with E-state index in [9.17, 15) is 13.6 Å². The molecule has 0 radical (unpaired) electrons. The summed E-state index contributed by atoms with van der Waals surface area (Å²) >= 11 is 1.25. The number of aromatic nitrogens is 3. The van der Waals surface area contributed by atoms with Crippen molar-refractivity contribution in [1.82, 2.24) is 14.8 Å². The fourth-order valence-corrected chi connectivity index (χ4v) is 3.55. The summed E-state index contributed by atoms with van der Waals surface area (Å²) in [7, 11) is 0. The molecule has 1 heterocycles. The molecule has 7 heteroatoms. The van der Waals surface area contributed by atoms with E-state index < -0.39 is 16.9 Å². The highest BCUT2D eigenvalue weighted by atomic mass is 32.2. The molecule has 0 saturated carbocycles. The minimum absolute atomic E-state index is 0.134. The molecule has 2 aromatic carbocycles. The molecule has 1 atom stereocenters. The Labute approximate surface area is 154 Å². The maximum absolute atomic E-state index is 13.4. The van der Waals surface area contributed by atoms with Gasteiger partial charge in [-0.3, -0.25) is 4.79 Å². The van der Waals surface area contributed by atoms with Gasteiger partial charge in [-0.1, -0.05) is 42.1 Å². The summed E-state index contributed by atoms with van der Waals surface area (Å²) in [6, 6.07) is 12.8. The molecule has 0 saturated heterocycles. The first-order chi connectivity index (χ1) is 12.5. The third kappa shape index (κ3) is 3.67. The number of hydrogen-bond donors (Lipinski definition) is 0. The number of thioether (sulfide) groups is 1. The summed E-state index contributed by atoms with van der Waals surface area (Å²) in [5.74, 6) is -1.57. The number of nitrogens with zero attached hydrogens (tertiary/aromatic N) is 3. The van der Waals surface area contributed by atoms with E-state index in [4.69, 9.17) is 0 Å². The van der Waals surface area contributed by atoms with Crippen LogP contribution in [-0.2, 0) is 6.54 Å². The van der Waals surface area contributed by atoms with E-state index in [1.807, 2.05) is 41.8 Å². The lowest BCUT2D eigenvalue weighted by molar-refractivity contribution is 0.0993. The minimum atomic E-state index is -1.03. The van der Waals surface area contributed by atoms with Crippen molar-refractivity contribution in [2.45, 2.75) is 30.8 Å². The molecule has 0 bridgehead atoms. The summed E-state index contributed by atoms with van der Waals surface area (Å²) in [5.41, 5.74) is 1.07. The Balaban J connectivity index is 1.83. The van der Waals surface area contributed by atoms with Crippen LogP contribution < -0.4 is 0 Å². The third-order valence-electron chi connectivity index (χ3n) is 3.92. The third-order valence-corrected chi connectivity index (χ3v) is 5.00. The molecule has 0 fully saturated rings. The van der Waals surface area contributed by atoms with Crippen molar-refractivity contribution in [2.75, 3.05) is 0 Å². The van der Waals surface area contributed by atoms with Crippen LogP contribution in [0, 0.1) is 11.6 Å². The molecule has 1 unspecified atom stereocenters. The number of benzene rings is 2. The Bertz CT molecular complexity index is 928. The lowest BCUT2D eigenvalue weighted by Crippen LogP contribution is -2.15. The second-order valence-electron chi connectivity index (χ2n) is 5.67. The minimum Gasteiger partial charge on any atom is -0.302 e. The van der Waals surface area contributed by atoms with Gasteiger partial charge in [0.25, 0.3) is 0 Å². The van der Waals surface area contributed by atoms with Gasteiger partial charge in [-0.25, -0.2) is 8.78 Å². The highest BCUT2D eigenvalue weighted by molar-refractivity contribution is 8.00. The first-order valence-corrected chi connectivity index (χ1v) is 9.03. The van der Waals surface area contributed by atoms with Crippen molar-refractivity contribution in [1.29, 1.82) is 0 Å². The highest BCUT2D eigenvalue weighted by Crippen LogP contribution is 2.28.